The molecule has 1 aromatic heterocycles. The molecule has 3 unspecified atom stereocenters. The fourth-order valence-corrected chi connectivity index (χ4v) is 4.21. The van der Waals surface area contributed by atoms with E-state index in [1.165, 1.54) is 25.7 Å². The Morgan fingerprint density at radius 3 is 2.76 bits per heavy atom. The molecule has 21 heavy (non-hydrogen) atoms. The molecule has 3 atom stereocenters. The SMILES string of the molecule is Cc1cc(C)c(N)c(-c2nc(C3CC4CCC3C4)no2)c1. The minimum Gasteiger partial charge on any atom is -0.398 e. The van der Waals surface area contributed by atoms with Crippen LogP contribution in [0.3, 0.4) is 0 Å². The van der Waals surface area contributed by atoms with Gasteiger partial charge in [-0.05, 0) is 62.1 Å². The Labute approximate surface area is 124 Å². The van der Waals surface area contributed by atoms with Crippen LogP contribution in [-0.2, 0) is 0 Å². The third-order valence-corrected chi connectivity index (χ3v) is 5.27. The van der Waals surface area contributed by atoms with E-state index in [0.717, 1.165) is 40.0 Å². The smallest absolute Gasteiger partial charge is 0.260 e. The first-order valence-electron chi connectivity index (χ1n) is 7.82. The van der Waals surface area contributed by atoms with E-state index in [0.29, 0.717) is 11.8 Å². The van der Waals surface area contributed by atoms with Crippen LogP contribution in [0.25, 0.3) is 11.5 Å². The Hall–Kier alpha value is -1.84. The number of aryl methyl sites for hydroxylation is 2. The largest absolute Gasteiger partial charge is 0.398 e. The van der Waals surface area contributed by atoms with E-state index in [4.69, 9.17) is 10.3 Å². The molecule has 2 aliphatic rings. The van der Waals surface area contributed by atoms with Gasteiger partial charge in [0.2, 0.25) is 0 Å². The van der Waals surface area contributed by atoms with Gasteiger partial charge in [0.25, 0.3) is 5.89 Å². The van der Waals surface area contributed by atoms with Crippen molar-refractivity contribution in [2.75, 3.05) is 5.73 Å². The van der Waals surface area contributed by atoms with Crippen LogP contribution in [0.2, 0.25) is 0 Å². The molecule has 1 aromatic carbocycles. The predicted molar refractivity (Wildman–Crippen MR) is 81.8 cm³/mol. The Balaban J connectivity index is 1.69. The molecule has 2 N–H and O–H groups in total. The van der Waals surface area contributed by atoms with Gasteiger partial charge >= 0.3 is 0 Å². The van der Waals surface area contributed by atoms with Crippen LogP contribution in [-0.4, -0.2) is 10.1 Å². The van der Waals surface area contributed by atoms with E-state index >= 15 is 0 Å². The third kappa shape index (κ3) is 2.04. The maximum Gasteiger partial charge on any atom is 0.260 e. The third-order valence-electron chi connectivity index (χ3n) is 5.27. The summed E-state index contributed by atoms with van der Waals surface area (Å²) < 4.78 is 5.52. The van der Waals surface area contributed by atoms with E-state index in [9.17, 15) is 0 Å². The molecule has 110 valence electrons. The summed E-state index contributed by atoms with van der Waals surface area (Å²) in [5.74, 6) is 3.59. The maximum atomic E-state index is 6.18. The van der Waals surface area contributed by atoms with E-state index in [-0.39, 0.29) is 0 Å². The van der Waals surface area contributed by atoms with E-state index in [1.807, 2.05) is 13.0 Å². The average molecular weight is 283 g/mol. The molecule has 0 radical (unpaired) electrons. The number of hydrogen-bond donors (Lipinski definition) is 1. The molecular weight excluding hydrogens is 262 g/mol. The van der Waals surface area contributed by atoms with Crippen LogP contribution < -0.4 is 5.73 Å². The molecule has 0 amide bonds. The second-order valence-corrected chi connectivity index (χ2v) is 6.78. The first-order chi connectivity index (χ1) is 10.1. The molecule has 2 fully saturated rings. The lowest BCUT2D eigenvalue weighted by atomic mass is 9.88. The van der Waals surface area contributed by atoms with E-state index in [2.05, 4.69) is 23.1 Å². The maximum absolute atomic E-state index is 6.18. The van der Waals surface area contributed by atoms with Gasteiger partial charge in [0, 0.05) is 11.6 Å². The van der Waals surface area contributed by atoms with E-state index in [1.54, 1.807) is 0 Å². The summed E-state index contributed by atoms with van der Waals surface area (Å²) in [6.45, 7) is 4.07. The van der Waals surface area contributed by atoms with Crippen LogP contribution in [0.15, 0.2) is 16.7 Å². The Morgan fingerprint density at radius 2 is 2.05 bits per heavy atom. The highest BCUT2D eigenvalue weighted by Gasteiger charge is 2.42. The Kier molecular flexibility index (Phi) is 2.81. The molecule has 4 rings (SSSR count). The van der Waals surface area contributed by atoms with Gasteiger partial charge in [-0.3, -0.25) is 0 Å². The monoisotopic (exact) mass is 283 g/mol. The molecule has 1 heterocycles. The van der Waals surface area contributed by atoms with Crippen LogP contribution in [0.1, 0.15) is 48.6 Å². The summed E-state index contributed by atoms with van der Waals surface area (Å²) in [6.07, 6.45) is 5.28. The molecule has 2 saturated carbocycles. The lowest BCUT2D eigenvalue weighted by Gasteiger charge is -2.17. The Bertz CT molecular complexity index is 691. The highest BCUT2D eigenvalue weighted by atomic mass is 16.5. The van der Waals surface area contributed by atoms with Crippen molar-refractivity contribution < 1.29 is 4.52 Å². The van der Waals surface area contributed by atoms with Crippen molar-refractivity contribution in [2.45, 2.75) is 45.4 Å². The molecule has 4 heteroatoms. The van der Waals surface area contributed by atoms with Crippen molar-refractivity contribution in [3.05, 3.63) is 29.1 Å². The number of rotatable bonds is 2. The van der Waals surface area contributed by atoms with Gasteiger partial charge in [-0.25, -0.2) is 0 Å². The minimum atomic E-state index is 0.494. The lowest BCUT2D eigenvalue weighted by Crippen LogP contribution is -2.10. The second kappa shape index (κ2) is 4.58. The zero-order valence-corrected chi connectivity index (χ0v) is 12.6. The average Bonchev–Trinajstić information content (AvgIpc) is 3.17. The van der Waals surface area contributed by atoms with Crippen molar-refractivity contribution in [1.82, 2.24) is 10.1 Å². The topological polar surface area (TPSA) is 64.9 Å². The Morgan fingerprint density at radius 1 is 1.19 bits per heavy atom. The normalized spacial score (nSPS) is 27.4. The minimum absolute atomic E-state index is 0.494. The number of nitrogens with zero attached hydrogens (tertiary/aromatic N) is 2. The van der Waals surface area contributed by atoms with Gasteiger partial charge in [-0.2, -0.15) is 4.98 Å². The summed E-state index contributed by atoms with van der Waals surface area (Å²) in [4.78, 5) is 4.67. The number of nitrogens with two attached hydrogens (primary N) is 1. The quantitative estimate of drug-likeness (QED) is 0.850. The molecule has 0 spiro atoms. The zero-order valence-electron chi connectivity index (χ0n) is 12.6. The molecule has 2 aromatic rings. The molecule has 4 nitrogen and oxygen atoms in total. The first-order valence-corrected chi connectivity index (χ1v) is 7.82. The lowest BCUT2D eigenvalue weighted by molar-refractivity contribution is 0.372. The van der Waals surface area contributed by atoms with Crippen molar-refractivity contribution in [3.63, 3.8) is 0 Å². The zero-order chi connectivity index (χ0) is 14.6. The molecule has 2 bridgehead atoms. The van der Waals surface area contributed by atoms with Crippen LogP contribution in [0, 0.1) is 25.7 Å². The summed E-state index contributed by atoms with van der Waals surface area (Å²) in [5.41, 5.74) is 10.0. The molecule has 0 aliphatic heterocycles. The fourth-order valence-electron chi connectivity index (χ4n) is 4.21. The second-order valence-electron chi connectivity index (χ2n) is 6.78. The summed E-state index contributed by atoms with van der Waals surface area (Å²) in [7, 11) is 0. The number of fused-ring (bicyclic) bond motifs is 2. The molecular formula is C17H21N3O. The number of benzene rings is 1. The van der Waals surface area contributed by atoms with Crippen molar-refractivity contribution in [3.8, 4) is 11.5 Å². The number of aromatic nitrogens is 2. The summed E-state index contributed by atoms with van der Waals surface area (Å²) in [5, 5.41) is 4.25. The van der Waals surface area contributed by atoms with Crippen LogP contribution >= 0.6 is 0 Å². The van der Waals surface area contributed by atoms with Crippen LogP contribution in [0.5, 0.6) is 0 Å². The molecule has 0 saturated heterocycles. The number of anilines is 1. The van der Waals surface area contributed by atoms with Gasteiger partial charge < -0.3 is 10.3 Å². The van der Waals surface area contributed by atoms with Gasteiger partial charge in [0.05, 0.1) is 5.56 Å². The van der Waals surface area contributed by atoms with Gasteiger partial charge in [-0.15, -0.1) is 0 Å². The summed E-state index contributed by atoms with van der Waals surface area (Å²) in [6, 6.07) is 4.10. The molecule has 2 aliphatic carbocycles. The van der Waals surface area contributed by atoms with Gasteiger partial charge in [0.15, 0.2) is 5.82 Å². The highest BCUT2D eigenvalue weighted by molar-refractivity contribution is 5.74. The predicted octanol–water partition coefficient (Wildman–Crippen LogP) is 3.84. The summed E-state index contributed by atoms with van der Waals surface area (Å²) >= 11 is 0. The first kappa shape index (κ1) is 12.9. The van der Waals surface area contributed by atoms with Crippen LogP contribution in [0.4, 0.5) is 5.69 Å². The van der Waals surface area contributed by atoms with Crippen molar-refractivity contribution >= 4 is 5.69 Å². The van der Waals surface area contributed by atoms with Crippen molar-refractivity contribution in [1.29, 1.82) is 0 Å². The number of hydrogen-bond acceptors (Lipinski definition) is 4. The standard InChI is InChI=1S/C17H21N3O/c1-9-5-10(2)15(18)14(6-9)17-19-16(20-21-17)13-8-11-3-4-12(13)7-11/h5-6,11-13H,3-4,7-8,18H2,1-2H3. The van der Waals surface area contributed by atoms with Gasteiger partial charge in [-0.1, -0.05) is 17.6 Å². The highest BCUT2D eigenvalue weighted by Crippen LogP contribution is 2.52. The van der Waals surface area contributed by atoms with Crippen molar-refractivity contribution in [2.24, 2.45) is 11.8 Å². The van der Waals surface area contributed by atoms with Gasteiger partial charge in [0.1, 0.15) is 0 Å². The van der Waals surface area contributed by atoms with E-state index < -0.39 is 0 Å². The number of nitrogen functional groups attached to an aromatic ring is 1. The fraction of sp³-hybridized carbons (Fsp3) is 0.529.